The lowest BCUT2D eigenvalue weighted by Crippen LogP contribution is -2.16. The molecule has 4 rings (SSSR count). The second kappa shape index (κ2) is 7.59. The van der Waals surface area contributed by atoms with Gasteiger partial charge in [0.2, 0.25) is 0 Å². The molecule has 0 radical (unpaired) electrons. The number of aryl methyl sites for hydroxylation is 2. The standard InChI is InChI=1S/C24H26N4O/c1-16(2)21-10-6-5-9-19(21)14-25-22-13-20(27-12-8-7-11-23(27)29)15-28-18(4)17(3)26-24(22)28/h5-13,15-16,25H,14H2,1-4H3. The van der Waals surface area contributed by atoms with E-state index < -0.39 is 0 Å². The van der Waals surface area contributed by atoms with E-state index in [-0.39, 0.29) is 5.56 Å². The molecule has 5 nitrogen and oxygen atoms in total. The second-order valence-electron chi connectivity index (χ2n) is 7.70. The van der Waals surface area contributed by atoms with Gasteiger partial charge in [-0.3, -0.25) is 9.36 Å². The van der Waals surface area contributed by atoms with Crippen LogP contribution < -0.4 is 10.9 Å². The summed E-state index contributed by atoms with van der Waals surface area (Å²) in [4.78, 5) is 17.1. The van der Waals surface area contributed by atoms with Crippen molar-refractivity contribution in [2.24, 2.45) is 0 Å². The van der Waals surface area contributed by atoms with Crippen molar-refractivity contribution in [2.75, 3.05) is 5.32 Å². The summed E-state index contributed by atoms with van der Waals surface area (Å²) in [7, 11) is 0. The minimum Gasteiger partial charge on any atom is -0.378 e. The molecule has 0 saturated carbocycles. The van der Waals surface area contributed by atoms with Crippen molar-refractivity contribution in [1.82, 2.24) is 14.0 Å². The molecule has 0 saturated heterocycles. The number of imidazole rings is 1. The van der Waals surface area contributed by atoms with Gasteiger partial charge in [-0.15, -0.1) is 0 Å². The number of aromatic nitrogens is 3. The van der Waals surface area contributed by atoms with E-state index in [2.05, 4.69) is 47.8 Å². The third kappa shape index (κ3) is 3.56. The van der Waals surface area contributed by atoms with Crippen molar-refractivity contribution < 1.29 is 0 Å². The Kier molecular flexibility index (Phi) is 4.97. The summed E-state index contributed by atoms with van der Waals surface area (Å²) in [6, 6.07) is 15.7. The quantitative estimate of drug-likeness (QED) is 0.534. The molecule has 0 aliphatic rings. The van der Waals surface area contributed by atoms with E-state index in [4.69, 9.17) is 4.98 Å². The van der Waals surface area contributed by atoms with Crippen molar-refractivity contribution >= 4 is 11.3 Å². The van der Waals surface area contributed by atoms with Crippen LogP contribution in [-0.2, 0) is 6.54 Å². The Hall–Kier alpha value is -3.34. The van der Waals surface area contributed by atoms with E-state index in [0.29, 0.717) is 12.5 Å². The van der Waals surface area contributed by atoms with E-state index >= 15 is 0 Å². The van der Waals surface area contributed by atoms with Crippen LogP contribution in [0.1, 0.15) is 42.3 Å². The number of benzene rings is 1. The zero-order valence-corrected chi connectivity index (χ0v) is 17.3. The van der Waals surface area contributed by atoms with Crippen molar-refractivity contribution in [3.05, 3.63) is 93.8 Å². The summed E-state index contributed by atoms with van der Waals surface area (Å²) in [6.45, 7) is 9.17. The smallest absolute Gasteiger partial charge is 0.255 e. The predicted molar refractivity (Wildman–Crippen MR) is 118 cm³/mol. The molecule has 0 unspecified atom stereocenters. The molecule has 3 aromatic heterocycles. The van der Waals surface area contributed by atoms with Gasteiger partial charge in [0.1, 0.15) is 0 Å². The molecular weight excluding hydrogens is 360 g/mol. The zero-order chi connectivity index (χ0) is 20.5. The molecule has 0 spiro atoms. The van der Waals surface area contributed by atoms with Gasteiger partial charge in [-0.1, -0.05) is 44.2 Å². The molecule has 1 aromatic carbocycles. The molecule has 0 aliphatic carbocycles. The Balaban J connectivity index is 1.80. The van der Waals surface area contributed by atoms with Crippen LogP contribution in [0.4, 0.5) is 5.69 Å². The first-order valence-electron chi connectivity index (χ1n) is 9.94. The third-order valence-electron chi connectivity index (χ3n) is 5.43. The van der Waals surface area contributed by atoms with Crippen LogP contribution in [0.25, 0.3) is 11.3 Å². The maximum absolute atomic E-state index is 12.4. The Labute approximate surface area is 170 Å². The molecule has 0 atom stereocenters. The predicted octanol–water partition coefficient (Wildman–Crippen LogP) is 4.84. The van der Waals surface area contributed by atoms with Crippen molar-refractivity contribution in [3.8, 4) is 5.69 Å². The van der Waals surface area contributed by atoms with Crippen LogP contribution in [0.5, 0.6) is 0 Å². The molecule has 3 heterocycles. The van der Waals surface area contributed by atoms with Crippen LogP contribution in [-0.4, -0.2) is 14.0 Å². The van der Waals surface area contributed by atoms with E-state index in [1.54, 1.807) is 22.9 Å². The van der Waals surface area contributed by atoms with E-state index in [9.17, 15) is 4.79 Å². The largest absolute Gasteiger partial charge is 0.378 e. The minimum absolute atomic E-state index is 0.0579. The average molecular weight is 386 g/mol. The fourth-order valence-electron chi connectivity index (χ4n) is 3.71. The first kappa shape index (κ1) is 19.0. The van der Waals surface area contributed by atoms with Gasteiger partial charge in [-0.05, 0) is 43.0 Å². The van der Waals surface area contributed by atoms with Gasteiger partial charge in [-0.25, -0.2) is 4.98 Å². The number of rotatable bonds is 5. The van der Waals surface area contributed by atoms with Crippen molar-refractivity contribution in [1.29, 1.82) is 0 Å². The normalized spacial score (nSPS) is 11.3. The molecule has 0 fully saturated rings. The molecule has 0 bridgehead atoms. The fourth-order valence-corrected chi connectivity index (χ4v) is 3.71. The van der Waals surface area contributed by atoms with E-state index in [1.807, 2.05) is 32.2 Å². The molecular formula is C24H26N4O. The van der Waals surface area contributed by atoms with Crippen LogP contribution in [0.15, 0.2) is 65.7 Å². The number of anilines is 1. The maximum atomic E-state index is 12.4. The van der Waals surface area contributed by atoms with Crippen LogP contribution in [0.3, 0.4) is 0 Å². The van der Waals surface area contributed by atoms with Gasteiger partial charge < -0.3 is 9.72 Å². The Morgan fingerprint density at radius 3 is 2.59 bits per heavy atom. The van der Waals surface area contributed by atoms with Crippen LogP contribution in [0.2, 0.25) is 0 Å². The highest BCUT2D eigenvalue weighted by atomic mass is 16.1. The molecule has 148 valence electrons. The summed E-state index contributed by atoms with van der Waals surface area (Å²) in [5, 5.41) is 3.57. The van der Waals surface area contributed by atoms with Gasteiger partial charge in [0.15, 0.2) is 5.65 Å². The molecule has 4 aromatic rings. The summed E-state index contributed by atoms with van der Waals surface area (Å²) in [5.41, 5.74) is 7.18. The number of nitrogens with zero attached hydrogens (tertiary/aromatic N) is 3. The van der Waals surface area contributed by atoms with Gasteiger partial charge in [-0.2, -0.15) is 0 Å². The topological polar surface area (TPSA) is 51.3 Å². The Bertz CT molecular complexity index is 1230. The lowest BCUT2D eigenvalue weighted by atomic mass is 9.97. The fraction of sp³-hybridized carbons (Fsp3) is 0.250. The Morgan fingerprint density at radius 1 is 1.07 bits per heavy atom. The lowest BCUT2D eigenvalue weighted by Gasteiger charge is -2.16. The third-order valence-corrected chi connectivity index (χ3v) is 5.43. The first-order chi connectivity index (χ1) is 14.0. The number of hydrogen-bond donors (Lipinski definition) is 1. The maximum Gasteiger partial charge on any atom is 0.255 e. The number of pyridine rings is 2. The van der Waals surface area contributed by atoms with Gasteiger partial charge in [0.05, 0.1) is 17.1 Å². The molecule has 0 amide bonds. The Morgan fingerprint density at radius 2 is 1.83 bits per heavy atom. The summed E-state index contributed by atoms with van der Waals surface area (Å²) in [6.07, 6.45) is 3.76. The summed E-state index contributed by atoms with van der Waals surface area (Å²) in [5.74, 6) is 0.457. The summed E-state index contributed by atoms with van der Waals surface area (Å²) < 4.78 is 3.71. The number of nitrogens with one attached hydrogen (secondary N) is 1. The SMILES string of the molecule is Cc1nc2c(NCc3ccccc3C(C)C)cc(-n3ccccc3=O)cn2c1C. The highest BCUT2D eigenvalue weighted by molar-refractivity contribution is 5.71. The molecule has 0 aliphatic heterocycles. The van der Waals surface area contributed by atoms with E-state index in [0.717, 1.165) is 28.4 Å². The van der Waals surface area contributed by atoms with Gasteiger partial charge in [0.25, 0.3) is 5.56 Å². The minimum atomic E-state index is -0.0579. The highest BCUT2D eigenvalue weighted by Crippen LogP contribution is 2.25. The van der Waals surface area contributed by atoms with Gasteiger partial charge in [0, 0.05) is 30.7 Å². The highest BCUT2D eigenvalue weighted by Gasteiger charge is 2.13. The monoisotopic (exact) mass is 386 g/mol. The molecule has 5 heteroatoms. The number of hydrogen-bond acceptors (Lipinski definition) is 3. The number of fused-ring (bicyclic) bond motifs is 1. The van der Waals surface area contributed by atoms with Crippen molar-refractivity contribution in [2.45, 2.75) is 40.2 Å². The average Bonchev–Trinajstić information content (AvgIpc) is 3.01. The van der Waals surface area contributed by atoms with Crippen molar-refractivity contribution in [3.63, 3.8) is 0 Å². The molecule has 29 heavy (non-hydrogen) atoms. The van der Waals surface area contributed by atoms with Crippen LogP contribution in [0, 0.1) is 13.8 Å². The van der Waals surface area contributed by atoms with Crippen LogP contribution >= 0.6 is 0 Å². The van der Waals surface area contributed by atoms with Gasteiger partial charge >= 0.3 is 0 Å². The van der Waals surface area contributed by atoms with E-state index in [1.165, 1.54) is 11.1 Å². The lowest BCUT2D eigenvalue weighted by molar-refractivity contribution is 0.845. The second-order valence-corrected chi connectivity index (χ2v) is 7.70. The molecule has 1 N–H and O–H groups in total. The first-order valence-corrected chi connectivity index (χ1v) is 9.94. The summed E-state index contributed by atoms with van der Waals surface area (Å²) >= 11 is 0. The zero-order valence-electron chi connectivity index (χ0n) is 17.3.